The molecule has 0 spiro atoms. The van der Waals surface area contributed by atoms with E-state index in [4.69, 9.17) is 10.3 Å². The standard InChI is InChI=1S/C18H24N4O3S/c1-13-6-7-14(16-20-17(21-25-16)18(19)8-5-9-18)12-15(13)26(23,24)22-10-3-2-4-11-22/h6-7,12H,2-5,8-11,19H2,1H3. The van der Waals surface area contributed by atoms with Crippen molar-refractivity contribution in [2.75, 3.05) is 13.1 Å². The van der Waals surface area contributed by atoms with Crippen molar-refractivity contribution in [2.24, 2.45) is 5.73 Å². The highest BCUT2D eigenvalue weighted by Gasteiger charge is 2.39. The average Bonchev–Trinajstić information content (AvgIpc) is 3.11. The van der Waals surface area contributed by atoms with Gasteiger partial charge in [0.15, 0.2) is 5.82 Å². The minimum Gasteiger partial charge on any atom is -0.334 e. The van der Waals surface area contributed by atoms with Gasteiger partial charge in [0.2, 0.25) is 10.0 Å². The zero-order valence-corrected chi connectivity index (χ0v) is 15.8. The Bertz CT molecular complexity index is 912. The third-order valence-electron chi connectivity index (χ3n) is 5.49. The normalized spacial score (nSPS) is 20.7. The molecule has 2 heterocycles. The first-order chi connectivity index (χ1) is 12.4. The first-order valence-corrected chi connectivity index (χ1v) is 10.6. The van der Waals surface area contributed by atoms with Gasteiger partial charge in [-0.15, -0.1) is 0 Å². The number of aromatic nitrogens is 2. The Labute approximate surface area is 153 Å². The van der Waals surface area contributed by atoms with Crippen LogP contribution in [-0.2, 0) is 15.6 Å². The second-order valence-corrected chi connectivity index (χ2v) is 9.28. The summed E-state index contributed by atoms with van der Waals surface area (Å²) in [7, 11) is -3.52. The smallest absolute Gasteiger partial charge is 0.258 e. The molecule has 2 aromatic rings. The molecule has 140 valence electrons. The molecule has 1 aliphatic heterocycles. The van der Waals surface area contributed by atoms with E-state index in [2.05, 4.69) is 10.1 Å². The monoisotopic (exact) mass is 376 g/mol. The van der Waals surface area contributed by atoms with E-state index >= 15 is 0 Å². The van der Waals surface area contributed by atoms with Crippen LogP contribution in [0.15, 0.2) is 27.6 Å². The van der Waals surface area contributed by atoms with Crippen LogP contribution in [0.2, 0.25) is 0 Å². The van der Waals surface area contributed by atoms with Crippen molar-refractivity contribution in [3.8, 4) is 11.5 Å². The molecule has 0 radical (unpaired) electrons. The van der Waals surface area contributed by atoms with Gasteiger partial charge >= 0.3 is 0 Å². The number of rotatable bonds is 4. The Kier molecular flexibility index (Phi) is 4.37. The third kappa shape index (κ3) is 2.95. The lowest BCUT2D eigenvalue weighted by Gasteiger charge is -2.34. The highest BCUT2D eigenvalue weighted by atomic mass is 32.2. The molecule has 26 heavy (non-hydrogen) atoms. The van der Waals surface area contributed by atoms with Crippen molar-refractivity contribution in [3.05, 3.63) is 29.6 Å². The number of sulfonamides is 1. The highest BCUT2D eigenvalue weighted by molar-refractivity contribution is 7.89. The lowest BCUT2D eigenvalue weighted by Crippen LogP contribution is -2.44. The summed E-state index contributed by atoms with van der Waals surface area (Å²) in [6, 6.07) is 5.24. The van der Waals surface area contributed by atoms with Gasteiger partial charge in [-0.3, -0.25) is 0 Å². The maximum Gasteiger partial charge on any atom is 0.258 e. The zero-order chi connectivity index (χ0) is 18.4. The Balaban J connectivity index is 1.68. The van der Waals surface area contributed by atoms with E-state index in [1.165, 1.54) is 0 Å². The quantitative estimate of drug-likeness (QED) is 0.880. The van der Waals surface area contributed by atoms with Gasteiger partial charge in [0.1, 0.15) is 0 Å². The first-order valence-electron chi connectivity index (χ1n) is 9.14. The average molecular weight is 376 g/mol. The number of nitrogens with two attached hydrogens (primary N) is 1. The molecule has 7 nitrogen and oxygen atoms in total. The summed E-state index contributed by atoms with van der Waals surface area (Å²) in [5, 5.41) is 4.02. The van der Waals surface area contributed by atoms with E-state index < -0.39 is 15.6 Å². The minimum absolute atomic E-state index is 0.308. The fraction of sp³-hybridized carbons (Fsp3) is 0.556. The molecule has 0 bridgehead atoms. The molecule has 2 aliphatic rings. The van der Waals surface area contributed by atoms with Crippen molar-refractivity contribution < 1.29 is 12.9 Å². The van der Waals surface area contributed by atoms with Gasteiger partial charge in [0.05, 0.1) is 10.4 Å². The van der Waals surface area contributed by atoms with Crippen molar-refractivity contribution in [2.45, 2.75) is 55.9 Å². The summed E-state index contributed by atoms with van der Waals surface area (Å²) < 4.78 is 33.1. The maximum atomic E-state index is 13.1. The molecule has 1 saturated carbocycles. The summed E-state index contributed by atoms with van der Waals surface area (Å²) in [5.74, 6) is 0.812. The van der Waals surface area contributed by atoms with Crippen LogP contribution >= 0.6 is 0 Å². The molecule has 0 atom stereocenters. The van der Waals surface area contributed by atoms with Crippen LogP contribution < -0.4 is 5.73 Å². The molecule has 0 unspecified atom stereocenters. The van der Waals surface area contributed by atoms with Crippen LogP contribution in [0.3, 0.4) is 0 Å². The second kappa shape index (κ2) is 6.44. The fourth-order valence-electron chi connectivity index (χ4n) is 3.58. The van der Waals surface area contributed by atoms with Crippen LogP contribution in [0.5, 0.6) is 0 Å². The second-order valence-electron chi connectivity index (χ2n) is 7.38. The van der Waals surface area contributed by atoms with Gasteiger partial charge in [-0.2, -0.15) is 9.29 Å². The SMILES string of the molecule is Cc1ccc(-c2nc(C3(N)CCC3)no2)cc1S(=O)(=O)N1CCCCC1. The molecular formula is C18H24N4O3S. The summed E-state index contributed by atoms with van der Waals surface area (Å²) in [4.78, 5) is 4.74. The van der Waals surface area contributed by atoms with Gasteiger partial charge in [0, 0.05) is 18.7 Å². The predicted molar refractivity (Wildman–Crippen MR) is 96.8 cm³/mol. The number of nitrogens with zero attached hydrogens (tertiary/aromatic N) is 3. The molecule has 1 aliphatic carbocycles. The number of piperidine rings is 1. The van der Waals surface area contributed by atoms with Gasteiger partial charge in [-0.1, -0.05) is 17.6 Å². The van der Waals surface area contributed by atoms with Gasteiger partial charge in [0.25, 0.3) is 5.89 Å². The Morgan fingerprint density at radius 3 is 2.54 bits per heavy atom. The van der Waals surface area contributed by atoms with E-state index in [-0.39, 0.29) is 0 Å². The predicted octanol–water partition coefficient (Wildman–Crippen LogP) is 2.56. The Morgan fingerprint density at radius 2 is 1.88 bits per heavy atom. The molecule has 2 fully saturated rings. The molecule has 2 N–H and O–H groups in total. The van der Waals surface area contributed by atoms with Crippen LogP contribution in [-0.4, -0.2) is 36.0 Å². The Morgan fingerprint density at radius 1 is 1.15 bits per heavy atom. The van der Waals surface area contributed by atoms with Crippen molar-refractivity contribution in [1.82, 2.24) is 14.4 Å². The molecule has 4 rings (SSSR count). The zero-order valence-electron chi connectivity index (χ0n) is 14.9. The van der Waals surface area contributed by atoms with E-state index in [0.717, 1.165) is 38.5 Å². The summed E-state index contributed by atoms with van der Waals surface area (Å²) in [6.45, 7) is 2.96. The molecule has 1 aromatic heterocycles. The number of hydrogen-bond donors (Lipinski definition) is 1. The van der Waals surface area contributed by atoms with E-state index in [1.807, 2.05) is 13.0 Å². The van der Waals surface area contributed by atoms with Crippen LogP contribution in [0.25, 0.3) is 11.5 Å². The Hall–Kier alpha value is -1.77. The molecule has 1 aromatic carbocycles. The van der Waals surface area contributed by atoms with Gasteiger partial charge in [-0.25, -0.2) is 8.42 Å². The van der Waals surface area contributed by atoms with Crippen molar-refractivity contribution >= 4 is 10.0 Å². The summed E-state index contributed by atoms with van der Waals surface area (Å²) >= 11 is 0. The minimum atomic E-state index is -3.52. The van der Waals surface area contributed by atoms with E-state index in [1.54, 1.807) is 16.4 Å². The maximum absolute atomic E-state index is 13.1. The van der Waals surface area contributed by atoms with Gasteiger partial charge < -0.3 is 10.3 Å². The first kappa shape index (κ1) is 17.6. The van der Waals surface area contributed by atoms with Crippen molar-refractivity contribution in [3.63, 3.8) is 0 Å². The third-order valence-corrected chi connectivity index (χ3v) is 7.53. The topological polar surface area (TPSA) is 102 Å². The number of aryl methyl sites for hydroxylation is 1. The fourth-order valence-corrected chi connectivity index (χ4v) is 5.35. The number of hydrogen-bond acceptors (Lipinski definition) is 6. The molecular weight excluding hydrogens is 352 g/mol. The van der Waals surface area contributed by atoms with Crippen LogP contribution in [0.1, 0.15) is 49.9 Å². The van der Waals surface area contributed by atoms with Gasteiger partial charge in [-0.05, 0) is 56.7 Å². The summed E-state index contributed by atoms with van der Waals surface area (Å²) in [5.41, 5.74) is 7.06. The largest absolute Gasteiger partial charge is 0.334 e. The molecule has 8 heteroatoms. The lowest BCUT2D eigenvalue weighted by molar-refractivity contribution is 0.229. The number of benzene rings is 1. The van der Waals surface area contributed by atoms with Crippen LogP contribution in [0.4, 0.5) is 0 Å². The molecule has 0 amide bonds. The van der Waals surface area contributed by atoms with E-state index in [9.17, 15) is 8.42 Å². The van der Waals surface area contributed by atoms with E-state index in [0.29, 0.717) is 40.8 Å². The van der Waals surface area contributed by atoms with Crippen molar-refractivity contribution in [1.29, 1.82) is 0 Å². The summed E-state index contributed by atoms with van der Waals surface area (Å²) in [6.07, 6.45) is 5.63. The molecule has 1 saturated heterocycles. The highest BCUT2D eigenvalue weighted by Crippen LogP contribution is 2.38. The lowest BCUT2D eigenvalue weighted by atomic mass is 9.77. The van der Waals surface area contributed by atoms with Crippen LogP contribution in [0, 0.1) is 6.92 Å².